The minimum atomic E-state index is 0.187. The molecule has 0 radical (unpaired) electrons. The molecule has 224 valence electrons. The Labute approximate surface area is 265 Å². The largest absolute Gasteiger partial charge is 0.308 e. The molecule has 0 bridgehead atoms. The van der Waals surface area contributed by atoms with Crippen molar-refractivity contribution in [2.24, 2.45) is 0 Å². The number of fused-ring (bicyclic) bond motifs is 14. The van der Waals surface area contributed by atoms with E-state index in [2.05, 4.69) is 46.9 Å². The van der Waals surface area contributed by atoms with E-state index in [9.17, 15) is 10.5 Å². The van der Waals surface area contributed by atoms with Gasteiger partial charge in [0.25, 0.3) is 0 Å². The van der Waals surface area contributed by atoms with Gasteiger partial charge < -0.3 is 4.40 Å². The van der Waals surface area contributed by atoms with Crippen molar-refractivity contribution in [1.82, 2.24) is 4.40 Å². The summed E-state index contributed by atoms with van der Waals surface area (Å²) in [7, 11) is 0. The Bertz CT molecular complexity index is 2050. The Balaban J connectivity index is 1.34. The molecule has 5 aromatic rings. The van der Waals surface area contributed by atoms with E-state index in [1.54, 1.807) is 11.1 Å². The lowest BCUT2D eigenvalue weighted by Gasteiger charge is -2.29. The van der Waals surface area contributed by atoms with Crippen LogP contribution in [0.5, 0.6) is 0 Å². The van der Waals surface area contributed by atoms with Gasteiger partial charge in [-0.1, -0.05) is 69.6 Å². The van der Waals surface area contributed by atoms with E-state index in [4.69, 9.17) is 0 Å². The Morgan fingerprint density at radius 2 is 0.867 bits per heavy atom. The number of hydrogen-bond acceptors (Lipinski definition) is 2. The van der Waals surface area contributed by atoms with Gasteiger partial charge in [0.05, 0.1) is 39.8 Å². The number of hydrogen-bond donors (Lipinski definition) is 0. The molecule has 0 N–H and O–H groups in total. The van der Waals surface area contributed by atoms with Gasteiger partial charge in [-0.25, -0.2) is 0 Å². The fourth-order valence-electron chi connectivity index (χ4n) is 13.7. The quantitative estimate of drug-likeness (QED) is 0.181. The van der Waals surface area contributed by atoms with E-state index in [1.165, 1.54) is 165 Å². The van der Waals surface area contributed by atoms with Crippen molar-refractivity contribution in [2.45, 2.75) is 137 Å². The van der Waals surface area contributed by atoms with E-state index in [1.807, 2.05) is 0 Å². The Morgan fingerprint density at radius 1 is 0.511 bits per heavy atom. The van der Waals surface area contributed by atoms with Crippen molar-refractivity contribution in [3.05, 3.63) is 63.7 Å². The zero-order chi connectivity index (χ0) is 29.8. The summed E-state index contributed by atoms with van der Waals surface area (Å²) in [4.78, 5) is 0. The van der Waals surface area contributed by atoms with Crippen LogP contribution in [0.2, 0.25) is 0 Å². The first-order chi connectivity index (χ1) is 22.1. The van der Waals surface area contributed by atoms with Gasteiger partial charge in [0, 0.05) is 21.5 Å². The van der Waals surface area contributed by atoms with Crippen molar-refractivity contribution in [2.75, 3.05) is 0 Å². The van der Waals surface area contributed by atoms with Crippen LogP contribution in [0.25, 0.3) is 38.1 Å². The lowest BCUT2D eigenvalue weighted by atomic mass is 9.74. The molecule has 4 spiro atoms. The van der Waals surface area contributed by atoms with Gasteiger partial charge in [0.15, 0.2) is 0 Å². The molecule has 3 nitrogen and oxygen atoms in total. The topological polar surface area (TPSA) is 52.0 Å². The summed E-state index contributed by atoms with van der Waals surface area (Å²) in [5, 5.41) is 27.4. The molecule has 0 aliphatic heterocycles. The van der Waals surface area contributed by atoms with Crippen LogP contribution in [0, 0.1) is 22.7 Å². The third kappa shape index (κ3) is 2.79. The molecule has 6 aliphatic rings. The third-order valence-electron chi connectivity index (χ3n) is 14.9. The number of aromatic nitrogens is 1. The number of nitrogens with zero attached hydrogens (tertiary/aromatic N) is 3. The van der Waals surface area contributed by atoms with Gasteiger partial charge >= 0.3 is 0 Å². The molecule has 2 aromatic heterocycles. The van der Waals surface area contributed by atoms with Crippen molar-refractivity contribution in [3.8, 4) is 12.1 Å². The first kappa shape index (κ1) is 25.6. The van der Waals surface area contributed by atoms with E-state index < -0.39 is 0 Å². The Kier molecular flexibility index (Phi) is 4.68. The van der Waals surface area contributed by atoms with Gasteiger partial charge in [-0.15, -0.1) is 0 Å². The molecular weight excluding hydrogens is 546 g/mol. The van der Waals surface area contributed by atoms with Gasteiger partial charge in [-0.05, 0) is 120 Å². The third-order valence-corrected chi connectivity index (χ3v) is 14.9. The monoisotopic (exact) mass is 587 g/mol. The molecule has 0 unspecified atom stereocenters. The number of rotatable bonds is 0. The van der Waals surface area contributed by atoms with Crippen LogP contribution >= 0.6 is 0 Å². The van der Waals surface area contributed by atoms with Crippen molar-refractivity contribution in [1.29, 1.82) is 10.5 Å². The van der Waals surface area contributed by atoms with E-state index in [-0.39, 0.29) is 21.7 Å². The van der Waals surface area contributed by atoms with Crippen LogP contribution in [-0.2, 0) is 21.7 Å². The standard InChI is InChI=1S/C42H41N3/c43-22-26-20-30-32(36-34(26)39(12-1-2-13-39)24-41(36)16-5-6-17-41)28-10-9-11-29-33-31(45(30)38(28)29)21-27(23-44)35-37(33)42(18-7-8-19-42)25-40(35)14-3-4-15-40/h9-11,20-21H,1-8,12-19,24-25H2. The van der Waals surface area contributed by atoms with Crippen molar-refractivity contribution in [3.63, 3.8) is 0 Å². The van der Waals surface area contributed by atoms with E-state index >= 15 is 0 Å². The highest BCUT2D eigenvalue weighted by Gasteiger charge is 2.57. The average molecular weight is 588 g/mol. The summed E-state index contributed by atoms with van der Waals surface area (Å²) in [6, 6.07) is 17.3. The maximum absolute atomic E-state index is 10.8. The fourth-order valence-corrected chi connectivity index (χ4v) is 13.7. The molecule has 4 saturated carbocycles. The molecule has 4 fully saturated rings. The number of nitriles is 2. The van der Waals surface area contributed by atoms with Crippen molar-refractivity contribution >= 4 is 38.1 Å². The minimum Gasteiger partial charge on any atom is -0.308 e. The highest BCUT2D eigenvalue weighted by Crippen LogP contribution is 2.67. The van der Waals surface area contributed by atoms with Gasteiger partial charge in [0.2, 0.25) is 0 Å². The molecule has 0 saturated heterocycles. The van der Waals surface area contributed by atoms with E-state index in [0.29, 0.717) is 0 Å². The fraction of sp³-hybridized carbons (Fsp3) is 0.524. The zero-order valence-electron chi connectivity index (χ0n) is 26.5. The molecule has 45 heavy (non-hydrogen) atoms. The molecule has 3 aromatic carbocycles. The molecule has 6 aliphatic carbocycles. The van der Waals surface area contributed by atoms with Crippen LogP contribution in [0.1, 0.15) is 149 Å². The summed E-state index contributed by atoms with van der Waals surface area (Å²) in [6.07, 6.45) is 23.0. The molecular formula is C42H41N3. The molecule has 3 heteroatoms. The Morgan fingerprint density at radius 3 is 1.22 bits per heavy atom. The second-order valence-corrected chi connectivity index (χ2v) is 16.7. The molecule has 2 heterocycles. The number of para-hydroxylation sites is 1. The summed E-state index contributed by atoms with van der Waals surface area (Å²) in [6.45, 7) is 0. The van der Waals surface area contributed by atoms with Crippen LogP contribution in [0.3, 0.4) is 0 Å². The first-order valence-corrected chi connectivity index (χ1v) is 18.3. The van der Waals surface area contributed by atoms with Gasteiger partial charge in [-0.2, -0.15) is 10.5 Å². The van der Waals surface area contributed by atoms with Crippen LogP contribution in [0.15, 0.2) is 30.3 Å². The maximum Gasteiger partial charge on any atom is 0.0995 e. The zero-order valence-corrected chi connectivity index (χ0v) is 26.5. The summed E-state index contributed by atoms with van der Waals surface area (Å²) >= 11 is 0. The molecule has 0 amide bonds. The summed E-state index contributed by atoms with van der Waals surface area (Å²) < 4.78 is 2.54. The normalized spacial score (nSPS) is 24.8. The SMILES string of the molecule is N#Cc1cc2c(c3c1C1(CCCC1)CC31CCCC1)c1cccc3c4c5c(c(C#N)cc4n2c13)C1(CCCC1)CC51CCCC1. The average Bonchev–Trinajstić information content (AvgIpc) is 3.91. The summed E-state index contributed by atoms with van der Waals surface area (Å²) in [5.74, 6) is 0. The first-order valence-electron chi connectivity index (χ1n) is 18.3. The Hall–Kier alpha value is -3.56. The highest BCUT2D eigenvalue weighted by molar-refractivity contribution is 6.25. The second-order valence-electron chi connectivity index (χ2n) is 16.7. The number of benzene rings is 3. The predicted molar refractivity (Wildman–Crippen MR) is 180 cm³/mol. The smallest absolute Gasteiger partial charge is 0.0995 e. The lowest BCUT2D eigenvalue weighted by Crippen LogP contribution is -2.24. The van der Waals surface area contributed by atoms with E-state index in [0.717, 1.165) is 11.1 Å². The lowest BCUT2D eigenvalue weighted by molar-refractivity contribution is 0.324. The van der Waals surface area contributed by atoms with Crippen LogP contribution in [0.4, 0.5) is 0 Å². The van der Waals surface area contributed by atoms with Gasteiger partial charge in [0.1, 0.15) is 0 Å². The highest BCUT2D eigenvalue weighted by atomic mass is 14.9. The predicted octanol–water partition coefficient (Wildman–Crippen LogP) is 10.6. The van der Waals surface area contributed by atoms with Crippen LogP contribution < -0.4 is 0 Å². The minimum absolute atomic E-state index is 0.187. The maximum atomic E-state index is 10.8. The molecule has 11 rings (SSSR count). The summed E-state index contributed by atoms with van der Waals surface area (Å²) in [5.41, 5.74) is 12.5. The molecule has 0 atom stereocenters. The van der Waals surface area contributed by atoms with Gasteiger partial charge in [-0.3, -0.25) is 0 Å². The van der Waals surface area contributed by atoms with Crippen molar-refractivity contribution < 1.29 is 0 Å². The van der Waals surface area contributed by atoms with Crippen LogP contribution in [-0.4, -0.2) is 4.40 Å². The second kappa shape index (κ2) is 8.23.